The molecule has 2 aromatic carbocycles. The monoisotopic (exact) mass is 254 g/mol. The topological polar surface area (TPSA) is 18.5 Å². The van der Waals surface area contributed by atoms with Crippen LogP contribution in [0.1, 0.15) is 25.0 Å². The fraction of sp³-hybridized carbons (Fsp3) is 0.294. The van der Waals surface area contributed by atoms with E-state index in [9.17, 15) is 0 Å². The minimum absolute atomic E-state index is 0.0227. The van der Waals surface area contributed by atoms with Gasteiger partial charge in [-0.2, -0.15) is 0 Å². The summed E-state index contributed by atoms with van der Waals surface area (Å²) in [5.74, 6) is 1.79. The Morgan fingerprint density at radius 1 is 0.684 bits per heavy atom. The fourth-order valence-electron chi connectivity index (χ4n) is 2.42. The Labute approximate surface area is 114 Å². The highest BCUT2D eigenvalue weighted by molar-refractivity contribution is 5.41. The largest absolute Gasteiger partial charge is 0.490 e. The Morgan fingerprint density at radius 2 is 1.05 bits per heavy atom. The predicted molar refractivity (Wildman–Crippen MR) is 76.0 cm³/mol. The van der Waals surface area contributed by atoms with Gasteiger partial charge in [0.1, 0.15) is 24.7 Å². The molecule has 6 rings (SSSR count). The zero-order valence-corrected chi connectivity index (χ0v) is 11.3. The van der Waals surface area contributed by atoms with E-state index in [4.69, 9.17) is 9.47 Å². The van der Waals surface area contributed by atoms with Gasteiger partial charge >= 0.3 is 0 Å². The van der Waals surface area contributed by atoms with Crippen molar-refractivity contribution in [2.24, 2.45) is 0 Å². The number of hydrogen-bond acceptors (Lipinski definition) is 2. The summed E-state index contributed by atoms with van der Waals surface area (Å²) in [6, 6.07) is 16.7. The van der Waals surface area contributed by atoms with Crippen LogP contribution in [0.4, 0.5) is 0 Å². The van der Waals surface area contributed by atoms with Gasteiger partial charge in [0.25, 0.3) is 0 Å². The Balaban J connectivity index is 2.09. The van der Waals surface area contributed by atoms with Gasteiger partial charge in [0.05, 0.1) is 0 Å². The number of ether oxygens (including phenoxy) is 2. The Kier molecular flexibility index (Phi) is 2.94. The Hall–Kier alpha value is -1.96. The van der Waals surface area contributed by atoms with Crippen LogP contribution in [0.5, 0.6) is 11.5 Å². The summed E-state index contributed by atoms with van der Waals surface area (Å²) >= 11 is 0. The summed E-state index contributed by atoms with van der Waals surface area (Å²) in [6.45, 7) is 5.59. The molecule has 0 spiro atoms. The Bertz CT molecular complexity index is 501. The van der Waals surface area contributed by atoms with Crippen molar-refractivity contribution in [2.75, 3.05) is 13.2 Å². The lowest BCUT2D eigenvalue weighted by Crippen LogP contribution is -2.18. The third-order valence-corrected chi connectivity index (χ3v) is 3.77. The number of rotatable bonds is 0. The first-order valence-corrected chi connectivity index (χ1v) is 6.63. The van der Waals surface area contributed by atoms with Crippen LogP contribution >= 0.6 is 0 Å². The first-order valence-electron chi connectivity index (χ1n) is 6.63. The average Bonchev–Trinajstić information content (AvgIpc) is 2.46. The molecule has 0 aromatic heterocycles. The van der Waals surface area contributed by atoms with Gasteiger partial charge in [-0.15, -0.1) is 0 Å². The minimum Gasteiger partial charge on any atom is -0.490 e. The summed E-state index contributed by atoms with van der Waals surface area (Å²) in [6.07, 6.45) is 0. The van der Waals surface area contributed by atoms with E-state index in [0.29, 0.717) is 13.2 Å². The normalized spacial score (nSPS) is 16.7. The summed E-state index contributed by atoms with van der Waals surface area (Å²) in [5, 5.41) is 0. The van der Waals surface area contributed by atoms with Crippen LogP contribution in [0.3, 0.4) is 0 Å². The molecule has 2 heteroatoms. The second-order valence-electron chi connectivity index (χ2n) is 5.37. The van der Waals surface area contributed by atoms with E-state index in [1.54, 1.807) is 0 Å². The SMILES string of the molecule is CC1(C)c2ccc(cc2)OCCOc2ccc1cc2. The molecule has 0 N–H and O–H groups in total. The van der Waals surface area contributed by atoms with E-state index >= 15 is 0 Å². The van der Waals surface area contributed by atoms with Crippen LogP contribution in [0.25, 0.3) is 0 Å². The van der Waals surface area contributed by atoms with Crippen LogP contribution in [0.15, 0.2) is 48.5 Å². The smallest absolute Gasteiger partial charge is 0.122 e. The summed E-state index contributed by atoms with van der Waals surface area (Å²) in [7, 11) is 0. The molecule has 19 heavy (non-hydrogen) atoms. The standard InChI is InChI=1S/C17H18O2/c1-17(2)13-3-7-15(8-4-13)18-11-12-19-16-9-5-14(17)6-10-16/h3-10H,11-12H2,1-2H3. The molecule has 4 aliphatic rings. The van der Waals surface area contributed by atoms with Gasteiger partial charge in [0.15, 0.2) is 0 Å². The maximum atomic E-state index is 5.65. The van der Waals surface area contributed by atoms with E-state index in [1.165, 1.54) is 11.1 Å². The first-order chi connectivity index (χ1) is 9.16. The molecular weight excluding hydrogens is 236 g/mol. The molecule has 0 atom stereocenters. The van der Waals surface area contributed by atoms with Crippen molar-refractivity contribution in [3.63, 3.8) is 0 Å². The molecule has 4 aliphatic heterocycles. The highest BCUT2D eigenvalue weighted by Crippen LogP contribution is 2.33. The third-order valence-electron chi connectivity index (χ3n) is 3.77. The first kappa shape index (κ1) is 12.1. The molecular formula is C17H18O2. The van der Waals surface area contributed by atoms with Crippen molar-refractivity contribution in [1.29, 1.82) is 0 Å². The van der Waals surface area contributed by atoms with Gasteiger partial charge in [-0.1, -0.05) is 38.1 Å². The van der Waals surface area contributed by atoms with Crippen molar-refractivity contribution in [3.05, 3.63) is 59.7 Å². The molecule has 0 radical (unpaired) electrons. The van der Waals surface area contributed by atoms with Crippen LogP contribution < -0.4 is 9.47 Å². The molecule has 0 aliphatic carbocycles. The molecule has 4 heterocycles. The molecule has 0 unspecified atom stereocenters. The molecule has 98 valence electrons. The molecule has 2 nitrogen and oxygen atoms in total. The molecule has 0 saturated heterocycles. The maximum absolute atomic E-state index is 5.65. The maximum Gasteiger partial charge on any atom is 0.122 e. The van der Waals surface area contributed by atoms with Crippen LogP contribution in [-0.4, -0.2) is 13.2 Å². The zero-order valence-electron chi connectivity index (χ0n) is 11.3. The highest BCUT2D eigenvalue weighted by atomic mass is 16.5. The van der Waals surface area contributed by atoms with Crippen LogP contribution in [0, 0.1) is 0 Å². The van der Waals surface area contributed by atoms with Crippen molar-refractivity contribution < 1.29 is 9.47 Å². The van der Waals surface area contributed by atoms with Gasteiger partial charge < -0.3 is 9.47 Å². The lowest BCUT2D eigenvalue weighted by atomic mass is 9.78. The molecule has 0 saturated carbocycles. The van der Waals surface area contributed by atoms with Crippen LogP contribution in [-0.2, 0) is 5.41 Å². The van der Waals surface area contributed by atoms with E-state index in [0.717, 1.165) is 11.5 Å². The minimum atomic E-state index is -0.0227. The summed E-state index contributed by atoms with van der Waals surface area (Å²) in [5.41, 5.74) is 2.55. The highest BCUT2D eigenvalue weighted by Gasteiger charge is 2.23. The molecule has 4 bridgehead atoms. The van der Waals surface area contributed by atoms with Crippen LogP contribution in [0.2, 0.25) is 0 Å². The number of benzene rings is 2. The molecule has 0 amide bonds. The van der Waals surface area contributed by atoms with Gasteiger partial charge in [-0.3, -0.25) is 0 Å². The number of hydrogen-bond donors (Lipinski definition) is 0. The fourth-order valence-corrected chi connectivity index (χ4v) is 2.42. The second kappa shape index (κ2) is 4.61. The van der Waals surface area contributed by atoms with Gasteiger partial charge in [-0.05, 0) is 35.4 Å². The van der Waals surface area contributed by atoms with Gasteiger partial charge in [-0.25, -0.2) is 0 Å². The second-order valence-corrected chi connectivity index (χ2v) is 5.37. The zero-order chi connectivity index (χ0) is 13.3. The summed E-state index contributed by atoms with van der Waals surface area (Å²) < 4.78 is 11.3. The van der Waals surface area contributed by atoms with E-state index in [1.807, 2.05) is 24.3 Å². The van der Waals surface area contributed by atoms with E-state index < -0.39 is 0 Å². The lowest BCUT2D eigenvalue weighted by Gasteiger charge is -2.26. The van der Waals surface area contributed by atoms with Gasteiger partial charge in [0, 0.05) is 5.41 Å². The van der Waals surface area contributed by atoms with E-state index in [2.05, 4.69) is 38.1 Å². The predicted octanol–water partition coefficient (Wildman–Crippen LogP) is 3.78. The summed E-state index contributed by atoms with van der Waals surface area (Å²) in [4.78, 5) is 0. The van der Waals surface area contributed by atoms with Crippen molar-refractivity contribution in [1.82, 2.24) is 0 Å². The third kappa shape index (κ3) is 2.30. The Morgan fingerprint density at radius 3 is 1.42 bits per heavy atom. The lowest BCUT2D eigenvalue weighted by molar-refractivity contribution is 0.217. The molecule has 0 fully saturated rings. The molecule has 2 aromatic rings. The quantitative estimate of drug-likeness (QED) is 0.712. The van der Waals surface area contributed by atoms with Crippen molar-refractivity contribution in [3.8, 4) is 11.5 Å². The van der Waals surface area contributed by atoms with E-state index in [-0.39, 0.29) is 5.41 Å². The average molecular weight is 254 g/mol. The van der Waals surface area contributed by atoms with Crippen molar-refractivity contribution in [2.45, 2.75) is 19.3 Å². The van der Waals surface area contributed by atoms with Crippen molar-refractivity contribution >= 4 is 0 Å². The van der Waals surface area contributed by atoms with Gasteiger partial charge in [0.2, 0.25) is 0 Å².